The average Bonchev–Trinajstić information content (AvgIpc) is 3.00. The SMILES string of the molecule is O=C(NCc1ccccc1)C(=O)Nc1cccc(N2CCCS2(=O)=O)c1. The Hall–Kier alpha value is -2.87. The summed E-state index contributed by atoms with van der Waals surface area (Å²) in [5, 5.41) is 5.04. The maximum Gasteiger partial charge on any atom is 0.313 e. The topological polar surface area (TPSA) is 95.6 Å². The third-order valence-electron chi connectivity index (χ3n) is 3.99. The van der Waals surface area contributed by atoms with Crippen LogP contribution >= 0.6 is 0 Å². The molecular formula is C18H19N3O4S. The van der Waals surface area contributed by atoms with Gasteiger partial charge in [0.25, 0.3) is 0 Å². The summed E-state index contributed by atoms with van der Waals surface area (Å²) < 4.78 is 25.3. The molecule has 1 aliphatic rings. The number of carbonyl (C=O) groups excluding carboxylic acids is 2. The molecule has 2 aromatic rings. The summed E-state index contributed by atoms with van der Waals surface area (Å²) in [6.07, 6.45) is 0.570. The van der Waals surface area contributed by atoms with Crippen molar-refractivity contribution in [2.45, 2.75) is 13.0 Å². The Kier molecular flexibility index (Phi) is 5.22. The molecule has 1 saturated heterocycles. The average molecular weight is 373 g/mol. The van der Waals surface area contributed by atoms with E-state index in [0.29, 0.717) is 24.3 Å². The van der Waals surface area contributed by atoms with Crippen molar-refractivity contribution in [2.24, 2.45) is 0 Å². The highest BCUT2D eigenvalue weighted by Gasteiger charge is 2.28. The molecule has 0 radical (unpaired) electrons. The van der Waals surface area contributed by atoms with Crippen LogP contribution in [0.1, 0.15) is 12.0 Å². The van der Waals surface area contributed by atoms with Crippen LogP contribution in [-0.2, 0) is 26.2 Å². The van der Waals surface area contributed by atoms with E-state index < -0.39 is 21.8 Å². The Bertz CT molecular complexity index is 913. The van der Waals surface area contributed by atoms with Crippen LogP contribution in [0.25, 0.3) is 0 Å². The molecule has 1 heterocycles. The fraction of sp³-hybridized carbons (Fsp3) is 0.222. The van der Waals surface area contributed by atoms with Crippen molar-refractivity contribution >= 4 is 33.2 Å². The van der Waals surface area contributed by atoms with Gasteiger partial charge < -0.3 is 10.6 Å². The molecule has 1 fully saturated rings. The molecule has 0 bridgehead atoms. The number of carbonyl (C=O) groups is 2. The zero-order chi connectivity index (χ0) is 18.6. The van der Waals surface area contributed by atoms with E-state index in [-0.39, 0.29) is 12.3 Å². The van der Waals surface area contributed by atoms with Gasteiger partial charge in [0, 0.05) is 18.8 Å². The molecule has 8 heteroatoms. The van der Waals surface area contributed by atoms with E-state index >= 15 is 0 Å². The van der Waals surface area contributed by atoms with E-state index in [1.165, 1.54) is 4.31 Å². The molecule has 2 N–H and O–H groups in total. The van der Waals surface area contributed by atoms with E-state index in [1.807, 2.05) is 30.3 Å². The van der Waals surface area contributed by atoms with E-state index in [2.05, 4.69) is 10.6 Å². The number of sulfonamides is 1. The second kappa shape index (κ2) is 7.57. The summed E-state index contributed by atoms with van der Waals surface area (Å²) >= 11 is 0. The van der Waals surface area contributed by atoms with Crippen molar-refractivity contribution in [2.75, 3.05) is 21.9 Å². The summed E-state index contributed by atoms with van der Waals surface area (Å²) in [4.78, 5) is 24.0. The lowest BCUT2D eigenvalue weighted by Crippen LogP contribution is -2.35. The van der Waals surface area contributed by atoms with Gasteiger partial charge in [-0.1, -0.05) is 36.4 Å². The molecule has 26 heavy (non-hydrogen) atoms. The summed E-state index contributed by atoms with van der Waals surface area (Å²) in [6, 6.07) is 15.7. The number of nitrogens with one attached hydrogen (secondary N) is 2. The summed E-state index contributed by atoms with van der Waals surface area (Å²) in [6.45, 7) is 0.663. The fourth-order valence-electron chi connectivity index (χ4n) is 2.71. The Morgan fingerprint density at radius 1 is 1.00 bits per heavy atom. The van der Waals surface area contributed by atoms with Gasteiger partial charge in [-0.25, -0.2) is 8.42 Å². The first-order chi connectivity index (χ1) is 12.5. The number of nitrogens with zero attached hydrogens (tertiary/aromatic N) is 1. The number of hydrogen-bond donors (Lipinski definition) is 2. The standard InChI is InChI=1S/C18H19N3O4S/c22-17(19-13-14-6-2-1-3-7-14)18(23)20-15-8-4-9-16(12-15)21-10-5-11-26(21,24)25/h1-4,6-9,12H,5,10-11,13H2,(H,19,22)(H,20,23). The van der Waals surface area contributed by atoms with Crippen molar-refractivity contribution in [3.05, 3.63) is 60.2 Å². The van der Waals surface area contributed by atoms with E-state index in [0.717, 1.165) is 5.56 Å². The summed E-state index contributed by atoms with van der Waals surface area (Å²) in [5.41, 5.74) is 1.73. The monoisotopic (exact) mass is 373 g/mol. The Balaban J connectivity index is 1.62. The second-order valence-electron chi connectivity index (χ2n) is 5.91. The highest BCUT2D eigenvalue weighted by Crippen LogP contribution is 2.26. The minimum absolute atomic E-state index is 0.117. The minimum atomic E-state index is -3.30. The van der Waals surface area contributed by atoms with E-state index in [4.69, 9.17) is 0 Å². The number of amides is 2. The maximum absolute atomic E-state index is 12.0. The van der Waals surface area contributed by atoms with Crippen LogP contribution in [0.5, 0.6) is 0 Å². The number of hydrogen-bond acceptors (Lipinski definition) is 4. The van der Waals surface area contributed by atoms with Gasteiger partial charge in [0.15, 0.2) is 0 Å². The normalized spacial score (nSPS) is 15.5. The molecule has 0 saturated carbocycles. The minimum Gasteiger partial charge on any atom is -0.344 e. The second-order valence-corrected chi connectivity index (χ2v) is 7.93. The molecule has 1 aliphatic heterocycles. The molecule has 0 aromatic heterocycles. The molecule has 2 aromatic carbocycles. The smallest absolute Gasteiger partial charge is 0.313 e. The molecule has 7 nitrogen and oxygen atoms in total. The van der Waals surface area contributed by atoms with Crippen molar-refractivity contribution < 1.29 is 18.0 Å². The highest BCUT2D eigenvalue weighted by atomic mass is 32.2. The Labute approximate surface area is 152 Å². The van der Waals surface area contributed by atoms with Crippen molar-refractivity contribution in [1.82, 2.24) is 5.32 Å². The van der Waals surface area contributed by atoms with Crippen molar-refractivity contribution in [1.29, 1.82) is 0 Å². The van der Waals surface area contributed by atoms with Crippen molar-refractivity contribution in [3.8, 4) is 0 Å². The Morgan fingerprint density at radius 3 is 2.46 bits per heavy atom. The fourth-order valence-corrected chi connectivity index (χ4v) is 4.27. The van der Waals surface area contributed by atoms with Crippen molar-refractivity contribution in [3.63, 3.8) is 0 Å². The maximum atomic E-state index is 12.0. The van der Waals surface area contributed by atoms with Gasteiger partial charge >= 0.3 is 11.8 Å². The first kappa shape index (κ1) is 17.9. The van der Waals surface area contributed by atoms with Gasteiger partial charge in [0.05, 0.1) is 11.4 Å². The van der Waals surface area contributed by atoms with Crippen LogP contribution in [0.2, 0.25) is 0 Å². The molecule has 0 spiro atoms. The van der Waals surface area contributed by atoms with Gasteiger partial charge in [-0.2, -0.15) is 0 Å². The zero-order valence-corrected chi connectivity index (χ0v) is 14.8. The van der Waals surface area contributed by atoms with Crippen LogP contribution in [-0.4, -0.2) is 32.5 Å². The zero-order valence-electron chi connectivity index (χ0n) is 14.0. The summed E-state index contributed by atoms with van der Waals surface area (Å²) in [7, 11) is -3.30. The quantitative estimate of drug-likeness (QED) is 0.794. The van der Waals surface area contributed by atoms with Gasteiger partial charge in [-0.3, -0.25) is 13.9 Å². The van der Waals surface area contributed by atoms with Gasteiger partial charge in [-0.15, -0.1) is 0 Å². The number of anilines is 2. The Morgan fingerprint density at radius 2 is 1.77 bits per heavy atom. The molecule has 0 unspecified atom stereocenters. The number of benzene rings is 2. The summed E-state index contributed by atoms with van der Waals surface area (Å²) in [5.74, 6) is -1.44. The predicted octanol–water partition coefficient (Wildman–Crippen LogP) is 1.48. The molecule has 0 aliphatic carbocycles. The van der Waals surface area contributed by atoms with Crippen LogP contribution in [0.3, 0.4) is 0 Å². The molecule has 3 rings (SSSR count). The lowest BCUT2D eigenvalue weighted by atomic mass is 10.2. The van der Waals surface area contributed by atoms with Gasteiger partial charge in [0.2, 0.25) is 10.0 Å². The van der Waals surface area contributed by atoms with Gasteiger partial charge in [0.1, 0.15) is 0 Å². The molecule has 2 amide bonds. The highest BCUT2D eigenvalue weighted by molar-refractivity contribution is 7.93. The third-order valence-corrected chi connectivity index (χ3v) is 5.86. The third kappa shape index (κ3) is 4.20. The number of rotatable bonds is 4. The van der Waals surface area contributed by atoms with Crippen LogP contribution in [0, 0.1) is 0 Å². The first-order valence-corrected chi connectivity index (χ1v) is 9.80. The van der Waals surface area contributed by atoms with Crippen LogP contribution in [0.4, 0.5) is 11.4 Å². The predicted molar refractivity (Wildman–Crippen MR) is 99.1 cm³/mol. The van der Waals surface area contributed by atoms with Crippen LogP contribution in [0.15, 0.2) is 54.6 Å². The molecule has 0 atom stereocenters. The van der Waals surface area contributed by atoms with E-state index in [1.54, 1.807) is 24.3 Å². The van der Waals surface area contributed by atoms with Crippen LogP contribution < -0.4 is 14.9 Å². The molecular weight excluding hydrogens is 354 g/mol. The first-order valence-electron chi connectivity index (χ1n) is 8.19. The lowest BCUT2D eigenvalue weighted by Gasteiger charge is -2.17. The lowest BCUT2D eigenvalue weighted by molar-refractivity contribution is -0.136. The van der Waals surface area contributed by atoms with Gasteiger partial charge in [-0.05, 0) is 30.2 Å². The van der Waals surface area contributed by atoms with E-state index in [9.17, 15) is 18.0 Å². The largest absolute Gasteiger partial charge is 0.344 e. The molecule has 136 valence electrons.